The summed E-state index contributed by atoms with van der Waals surface area (Å²) in [6.45, 7) is 8.94. The van der Waals surface area contributed by atoms with Crippen molar-refractivity contribution in [3.8, 4) is 0 Å². The maximum atomic E-state index is 2.45. The Bertz CT molecular complexity index is 148. The third-order valence-electron chi connectivity index (χ3n) is 3.59. The average molecular weight is 199 g/mol. The van der Waals surface area contributed by atoms with Gasteiger partial charge in [0.25, 0.3) is 0 Å². The molecule has 0 aromatic carbocycles. The SMILES string of the molecule is CCCCCC[N+]1(C)CCN(C)CC1. The standard InChI is InChI=1S/C12H27N2/c1-4-5-6-7-10-14(3)11-8-13(2)9-12-14/h4-12H2,1-3H3/q+1. The maximum Gasteiger partial charge on any atom is 0.0914 e. The Labute approximate surface area is 89.5 Å². The fourth-order valence-electron chi connectivity index (χ4n) is 2.19. The molecule has 0 atom stereocenters. The van der Waals surface area contributed by atoms with Gasteiger partial charge in [0, 0.05) is 13.1 Å². The van der Waals surface area contributed by atoms with Gasteiger partial charge in [0.1, 0.15) is 0 Å². The first kappa shape index (κ1) is 12.0. The minimum Gasteiger partial charge on any atom is -0.324 e. The summed E-state index contributed by atoms with van der Waals surface area (Å²) in [5, 5.41) is 0. The molecule has 0 aliphatic carbocycles. The molecule has 1 heterocycles. The number of hydrogen-bond acceptors (Lipinski definition) is 1. The lowest BCUT2D eigenvalue weighted by Crippen LogP contribution is -2.56. The Hall–Kier alpha value is -0.0800. The van der Waals surface area contributed by atoms with E-state index < -0.39 is 0 Å². The third-order valence-corrected chi connectivity index (χ3v) is 3.59. The summed E-state index contributed by atoms with van der Waals surface area (Å²) in [5.41, 5.74) is 0. The van der Waals surface area contributed by atoms with Crippen LogP contribution in [0.5, 0.6) is 0 Å². The fraction of sp³-hybridized carbons (Fsp3) is 1.00. The van der Waals surface area contributed by atoms with Gasteiger partial charge in [0.15, 0.2) is 0 Å². The van der Waals surface area contributed by atoms with Crippen LogP contribution in [-0.2, 0) is 0 Å². The Morgan fingerprint density at radius 3 is 2.29 bits per heavy atom. The van der Waals surface area contributed by atoms with Gasteiger partial charge < -0.3 is 4.48 Å². The Balaban J connectivity index is 2.15. The van der Waals surface area contributed by atoms with Crippen molar-refractivity contribution in [2.45, 2.75) is 32.6 Å². The molecule has 0 bridgehead atoms. The van der Waals surface area contributed by atoms with Crippen LogP contribution in [-0.4, -0.2) is 56.2 Å². The van der Waals surface area contributed by atoms with Crippen molar-refractivity contribution in [1.82, 2.24) is 4.90 Å². The molecule has 1 fully saturated rings. The molecule has 0 aromatic heterocycles. The van der Waals surface area contributed by atoms with Gasteiger partial charge in [-0.1, -0.05) is 19.8 Å². The van der Waals surface area contributed by atoms with Gasteiger partial charge in [-0.2, -0.15) is 0 Å². The van der Waals surface area contributed by atoms with E-state index in [2.05, 4.69) is 25.9 Å². The van der Waals surface area contributed by atoms with Gasteiger partial charge in [-0.25, -0.2) is 0 Å². The molecule has 0 N–H and O–H groups in total. The molecular formula is C12H27N2+. The first-order valence-electron chi connectivity index (χ1n) is 6.18. The van der Waals surface area contributed by atoms with Crippen molar-refractivity contribution >= 4 is 0 Å². The zero-order valence-electron chi connectivity index (χ0n) is 10.3. The Morgan fingerprint density at radius 1 is 1.07 bits per heavy atom. The van der Waals surface area contributed by atoms with Gasteiger partial charge in [0.05, 0.1) is 26.7 Å². The Morgan fingerprint density at radius 2 is 1.71 bits per heavy atom. The predicted octanol–water partition coefficient (Wildman–Crippen LogP) is 1.96. The molecule has 1 aliphatic heterocycles. The predicted molar refractivity (Wildman–Crippen MR) is 62.4 cm³/mol. The van der Waals surface area contributed by atoms with E-state index in [-0.39, 0.29) is 0 Å². The molecule has 84 valence electrons. The number of hydrogen-bond donors (Lipinski definition) is 0. The van der Waals surface area contributed by atoms with Crippen LogP contribution < -0.4 is 0 Å². The topological polar surface area (TPSA) is 3.24 Å². The van der Waals surface area contributed by atoms with Crippen LogP contribution in [0.2, 0.25) is 0 Å². The summed E-state index contributed by atoms with van der Waals surface area (Å²) >= 11 is 0. The lowest BCUT2D eigenvalue weighted by atomic mass is 10.1. The molecule has 14 heavy (non-hydrogen) atoms. The van der Waals surface area contributed by atoms with Gasteiger partial charge in [-0.15, -0.1) is 0 Å². The second-order valence-corrected chi connectivity index (χ2v) is 5.15. The fourth-order valence-corrected chi connectivity index (χ4v) is 2.19. The first-order valence-corrected chi connectivity index (χ1v) is 6.18. The molecular weight excluding hydrogens is 172 g/mol. The molecule has 1 saturated heterocycles. The normalized spacial score (nSPS) is 22.5. The van der Waals surface area contributed by atoms with Crippen molar-refractivity contribution in [2.24, 2.45) is 0 Å². The first-order chi connectivity index (χ1) is 6.66. The molecule has 0 unspecified atom stereocenters. The number of nitrogens with zero attached hydrogens (tertiary/aromatic N) is 2. The largest absolute Gasteiger partial charge is 0.324 e. The van der Waals surface area contributed by atoms with Crippen LogP contribution in [0.15, 0.2) is 0 Å². The minimum atomic E-state index is 1.28. The molecule has 1 aliphatic rings. The van der Waals surface area contributed by atoms with Crippen molar-refractivity contribution in [3.63, 3.8) is 0 Å². The highest BCUT2D eigenvalue weighted by Gasteiger charge is 2.25. The average Bonchev–Trinajstić information content (AvgIpc) is 2.18. The second-order valence-electron chi connectivity index (χ2n) is 5.15. The van der Waals surface area contributed by atoms with Gasteiger partial charge >= 0.3 is 0 Å². The quantitative estimate of drug-likeness (QED) is 0.483. The van der Waals surface area contributed by atoms with Crippen molar-refractivity contribution in [1.29, 1.82) is 0 Å². The van der Waals surface area contributed by atoms with Crippen molar-refractivity contribution < 1.29 is 4.48 Å². The van der Waals surface area contributed by atoms with E-state index in [1.807, 2.05) is 0 Å². The van der Waals surface area contributed by atoms with E-state index in [1.54, 1.807) is 0 Å². The smallest absolute Gasteiger partial charge is 0.0914 e. The van der Waals surface area contributed by atoms with Gasteiger partial charge in [-0.05, 0) is 19.9 Å². The molecule has 0 saturated carbocycles. The van der Waals surface area contributed by atoms with Crippen LogP contribution in [0.4, 0.5) is 0 Å². The molecule has 0 amide bonds. The van der Waals surface area contributed by atoms with Crippen LogP contribution in [0.1, 0.15) is 32.6 Å². The van der Waals surface area contributed by atoms with E-state index in [0.29, 0.717) is 0 Å². The lowest BCUT2D eigenvalue weighted by molar-refractivity contribution is -0.913. The Kier molecular flexibility index (Phi) is 4.90. The lowest BCUT2D eigenvalue weighted by Gasteiger charge is -2.41. The van der Waals surface area contributed by atoms with E-state index in [4.69, 9.17) is 0 Å². The number of unbranched alkanes of at least 4 members (excludes halogenated alkanes) is 3. The summed E-state index contributed by atoms with van der Waals surface area (Å²) in [7, 11) is 4.67. The summed E-state index contributed by atoms with van der Waals surface area (Å²) < 4.78 is 1.31. The van der Waals surface area contributed by atoms with E-state index in [9.17, 15) is 0 Å². The number of likely N-dealkylation sites (N-methyl/N-ethyl adjacent to an activating group) is 2. The summed E-state index contributed by atoms with van der Waals surface area (Å²) in [6, 6.07) is 0. The van der Waals surface area contributed by atoms with E-state index >= 15 is 0 Å². The second kappa shape index (κ2) is 5.72. The molecule has 2 heteroatoms. The van der Waals surface area contributed by atoms with E-state index in [1.165, 1.54) is 62.9 Å². The highest BCUT2D eigenvalue weighted by atomic mass is 15.4. The molecule has 1 rings (SSSR count). The summed E-state index contributed by atoms with van der Waals surface area (Å²) in [6.07, 6.45) is 5.63. The van der Waals surface area contributed by atoms with Crippen LogP contribution in [0.3, 0.4) is 0 Å². The zero-order chi connectivity index (χ0) is 10.4. The van der Waals surface area contributed by atoms with Gasteiger partial charge in [0.2, 0.25) is 0 Å². The molecule has 2 nitrogen and oxygen atoms in total. The van der Waals surface area contributed by atoms with Crippen LogP contribution in [0.25, 0.3) is 0 Å². The highest BCUT2D eigenvalue weighted by Crippen LogP contribution is 2.11. The van der Waals surface area contributed by atoms with Crippen molar-refractivity contribution in [3.05, 3.63) is 0 Å². The van der Waals surface area contributed by atoms with Crippen LogP contribution in [0, 0.1) is 0 Å². The summed E-state index contributed by atoms with van der Waals surface area (Å²) in [5.74, 6) is 0. The van der Waals surface area contributed by atoms with Crippen molar-refractivity contribution in [2.75, 3.05) is 46.8 Å². The van der Waals surface area contributed by atoms with Crippen LogP contribution >= 0.6 is 0 Å². The number of piperazine rings is 1. The monoisotopic (exact) mass is 199 g/mol. The highest BCUT2D eigenvalue weighted by molar-refractivity contribution is 4.58. The molecule has 0 aromatic rings. The third kappa shape index (κ3) is 3.97. The zero-order valence-corrected chi connectivity index (χ0v) is 10.3. The minimum absolute atomic E-state index is 1.28. The molecule has 0 spiro atoms. The van der Waals surface area contributed by atoms with E-state index in [0.717, 1.165) is 0 Å². The number of rotatable bonds is 5. The number of quaternary nitrogens is 1. The summed E-state index contributed by atoms with van der Waals surface area (Å²) in [4.78, 5) is 2.45. The molecule has 0 radical (unpaired) electrons. The van der Waals surface area contributed by atoms with Gasteiger partial charge in [-0.3, -0.25) is 4.90 Å². The maximum absolute atomic E-state index is 2.45.